The van der Waals surface area contributed by atoms with Crippen molar-refractivity contribution >= 4 is 11.9 Å². The van der Waals surface area contributed by atoms with Crippen molar-refractivity contribution in [2.75, 3.05) is 5.75 Å². The maximum Gasteiger partial charge on any atom is 0.0200 e. The Labute approximate surface area is 141 Å². The number of rotatable bonds is 8. The van der Waals surface area contributed by atoms with Gasteiger partial charge in [-0.1, -0.05) is 69.5 Å². The van der Waals surface area contributed by atoms with E-state index in [0.717, 1.165) is 30.2 Å². The van der Waals surface area contributed by atoms with Gasteiger partial charge in [0.25, 0.3) is 0 Å². The predicted octanol–water partition coefficient (Wildman–Crippen LogP) is 5.71. The van der Waals surface area contributed by atoms with E-state index >= 15 is 0 Å². The molecule has 22 heavy (non-hydrogen) atoms. The first-order valence-electron chi connectivity index (χ1n) is 9.10. The van der Waals surface area contributed by atoms with Gasteiger partial charge in [-0.05, 0) is 55.4 Å². The fraction of sp³-hybridized carbons (Fsp3) is 0.700. The molecular formula is C20H33NS. The molecule has 0 bridgehead atoms. The van der Waals surface area contributed by atoms with Gasteiger partial charge < -0.3 is 0 Å². The molecule has 0 aliphatic heterocycles. The van der Waals surface area contributed by atoms with Crippen LogP contribution in [-0.4, -0.2) is 11.8 Å². The highest BCUT2D eigenvalue weighted by atomic mass is 32.2. The summed E-state index contributed by atoms with van der Waals surface area (Å²) >= 11 is 1.94. The summed E-state index contributed by atoms with van der Waals surface area (Å²) in [6, 6.07) is 11.6. The molecule has 1 nitrogen and oxygen atoms in total. The molecular weight excluding hydrogens is 286 g/mol. The minimum atomic E-state index is 0.728. The van der Waals surface area contributed by atoms with Crippen LogP contribution in [0, 0.1) is 17.8 Å². The summed E-state index contributed by atoms with van der Waals surface area (Å²) in [6.07, 6.45) is 8.13. The predicted molar refractivity (Wildman–Crippen MR) is 100 cm³/mol. The van der Waals surface area contributed by atoms with Gasteiger partial charge in [0.1, 0.15) is 0 Å². The lowest BCUT2D eigenvalue weighted by Crippen LogP contribution is -2.38. The molecule has 0 heterocycles. The monoisotopic (exact) mass is 319 g/mol. The van der Waals surface area contributed by atoms with Crippen LogP contribution < -0.4 is 4.72 Å². The minimum Gasteiger partial charge on any atom is -0.261 e. The van der Waals surface area contributed by atoms with Crippen LogP contribution in [0.25, 0.3) is 0 Å². The third-order valence-corrected chi connectivity index (χ3v) is 5.89. The molecule has 1 saturated carbocycles. The fourth-order valence-corrected chi connectivity index (χ4v) is 4.71. The Balaban J connectivity index is 1.74. The summed E-state index contributed by atoms with van der Waals surface area (Å²) in [6.45, 7) is 7.10. The van der Waals surface area contributed by atoms with Gasteiger partial charge in [-0.25, -0.2) is 0 Å². The molecule has 2 heteroatoms. The highest BCUT2D eigenvalue weighted by Crippen LogP contribution is 2.35. The SMILES string of the molecule is CCC1CCC(NSCCc2ccccc2)C(CC(C)C)C1. The van der Waals surface area contributed by atoms with E-state index in [1.54, 1.807) is 0 Å². The zero-order valence-corrected chi connectivity index (χ0v) is 15.4. The molecule has 0 radical (unpaired) electrons. The van der Waals surface area contributed by atoms with Gasteiger partial charge in [-0.2, -0.15) is 0 Å². The molecule has 1 N–H and O–H groups in total. The Kier molecular flexibility index (Phi) is 7.82. The highest BCUT2D eigenvalue weighted by molar-refractivity contribution is 7.97. The highest BCUT2D eigenvalue weighted by Gasteiger charge is 2.29. The van der Waals surface area contributed by atoms with E-state index in [2.05, 4.69) is 55.8 Å². The molecule has 0 amide bonds. The maximum atomic E-state index is 3.81. The quantitative estimate of drug-likeness (QED) is 0.486. The molecule has 124 valence electrons. The molecule has 2 rings (SSSR count). The van der Waals surface area contributed by atoms with E-state index in [1.165, 1.54) is 43.4 Å². The molecule has 1 fully saturated rings. The van der Waals surface area contributed by atoms with Crippen molar-refractivity contribution in [3.05, 3.63) is 35.9 Å². The van der Waals surface area contributed by atoms with Crippen molar-refractivity contribution in [2.45, 2.75) is 65.3 Å². The lowest BCUT2D eigenvalue weighted by atomic mass is 9.74. The van der Waals surface area contributed by atoms with Crippen molar-refractivity contribution in [2.24, 2.45) is 17.8 Å². The topological polar surface area (TPSA) is 12.0 Å². The van der Waals surface area contributed by atoms with Crippen molar-refractivity contribution in [3.8, 4) is 0 Å². The van der Waals surface area contributed by atoms with E-state index in [9.17, 15) is 0 Å². The summed E-state index contributed by atoms with van der Waals surface area (Å²) < 4.78 is 3.81. The normalized spacial score (nSPS) is 25.5. The van der Waals surface area contributed by atoms with Crippen LogP contribution >= 0.6 is 11.9 Å². The first kappa shape index (κ1) is 17.9. The first-order chi connectivity index (χ1) is 10.7. The van der Waals surface area contributed by atoms with Gasteiger partial charge in [0.15, 0.2) is 0 Å². The molecule has 1 aliphatic rings. The van der Waals surface area contributed by atoms with Crippen LogP contribution in [0.5, 0.6) is 0 Å². The van der Waals surface area contributed by atoms with Gasteiger partial charge >= 0.3 is 0 Å². The smallest absolute Gasteiger partial charge is 0.0200 e. The second kappa shape index (κ2) is 9.62. The van der Waals surface area contributed by atoms with Gasteiger partial charge in [-0.15, -0.1) is 0 Å². The molecule has 1 aromatic carbocycles. The molecule has 0 spiro atoms. The van der Waals surface area contributed by atoms with Crippen LogP contribution in [0.1, 0.15) is 58.4 Å². The van der Waals surface area contributed by atoms with Crippen molar-refractivity contribution in [1.82, 2.24) is 4.72 Å². The lowest BCUT2D eigenvalue weighted by Gasteiger charge is -2.37. The van der Waals surface area contributed by atoms with E-state index in [-0.39, 0.29) is 0 Å². The second-order valence-electron chi connectivity index (χ2n) is 7.29. The number of hydrogen-bond acceptors (Lipinski definition) is 2. The number of nitrogens with one attached hydrogen (secondary N) is 1. The Morgan fingerprint density at radius 3 is 2.64 bits per heavy atom. The van der Waals surface area contributed by atoms with Gasteiger partial charge in [0.05, 0.1) is 0 Å². The molecule has 0 aromatic heterocycles. The zero-order chi connectivity index (χ0) is 15.8. The van der Waals surface area contributed by atoms with Crippen molar-refractivity contribution < 1.29 is 0 Å². The van der Waals surface area contributed by atoms with Gasteiger partial charge in [0.2, 0.25) is 0 Å². The van der Waals surface area contributed by atoms with Gasteiger partial charge in [-0.3, -0.25) is 4.72 Å². The standard InChI is InChI=1S/C20H33NS/c1-4-17-10-11-20(19(15-17)14-16(2)3)21-22-13-12-18-8-6-5-7-9-18/h5-9,16-17,19-21H,4,10-15H2,1-3H3. The van der Waals surface area contributed by atoms with Crippen LogP contribution in [0.15, 0.2) is 30.3 Å². The fourth-order valence-electron chi connectivity index (χ4n) is 3.73. The molecule has 3 unspecified atom stereocenters. The lowest BCUT2D eigenvalue weighted by molar-refractivity contribution is 0.193. The summed E-state index contributed by atoms with van der Waals surface area (Å²) in [5.74, 6) is 3.84. The Hall–Kier alpha value is -0.470. The Morgan fingerprint density at radius 2 is 1.95 bits per heavy atom. The Morgan fingerprint density at radius 1 is 1.18 bits per heavy atom. The molecule has 1 aliphatic carbocycles. The van der Waals surface area contributed by atoms with E-state index in [1.807, 2.05) is 11.9 Å². The number of benzene rings is 1. The third-order valence-electron chi connectivity index (χ3n) is 5.01. The average Bonchev–Trinajstić information content (AvgIpc) is 2.53. The Bertz CT molecular complexity index is 403. The first-order valence-corrected chi connectivity index (χ1v) is 10.1. The second-order valence-corrected chi connectivity index (χ2v) is 8.22. The van der Waals surface area contributed by atoms with E-state index < -0.39 is 0 Å². The van der Waals surface area contributed by atoms with Crippen molar-refractivity contribution in [1.29, 1.82) is 0 Å². The zero-order valence-electron chi connectivity index (χ0n) is 14.6. The third kappa shape index (κ3) is 5.96. The largest absolute Gasteiger partial charge is 0.261 e. The van der Waals surface area contributed by atoms with Crippen LogP contribution in [0.3, 0.4) is 0 Å². The average molecular weight is 320 g/mol. The van der Waals surface area contributed by atoms with E-state index in [0.29, 0.717) is 0 Å². The van der Waals surface area contributed by atoms with Crippen LogP contribution in [-0.2, 0) is 6.42 Å². The summed E-state index contributed by atoms with van der Waals surface area (Å²) in [4.78, 5) is 0. The van der Waals surface area contributed by atoms with Crippen LogP contribution in [0.4, 0.5) is 0 Å². The summed E-state index contributed by atoms with van der Waals surface area (Å²) in [7, 11) is 0. The summed E-state index contributed by atoms with van der Waals surface area (Å²) in [5, 5.41) is 0. The number of aryl methyl sites for hydroxylation is 1. The van der Waals surface area contributed by atoms with E-state index in [4.69, 9.17) is 0 Å². The summed E-state index contributed by atoms with van der Waals surface area (Å²) in [5.41, 5.74) is 1.45. The molecule has 0 saturated heterocycles. The minimum absolute atomic E-state index is 0.728. The van der Waals surface area contributed by atoms with Gasteiger partial charge in [0, 0.05) is 11.8 Å². The molecule has 3 atom stereocenters. The van der Waals surface area contributed by atoms with Crippen LogP contribution in [0.2, 0.25) is 0 Å². The molecule has 1 aromatic rings. The maximum absolute atomic E-state index is 3.81. The van der Waals surface area contributed by atoms with Crippen molar-refractivity contribution in [3.63, 3.8) is 0 Å². The number of hydrogen-bond donors (Lipinski definition) is 1.